The fourth-order valence-corrected chi connectivity index (χ4v) is 2.79. The summed E-state index contributed by atoms with van der Waals surface area (Å²) in [6, 6.07) is 13.7. The van der Waals surface area contributed by atoms with Crippen LogP contribution in [-0.2, 0) is 11.2 Å². The molecule has 0 atom stereocenters. The zero-order chi connectivity index (χ0) is 20.4. The topological polar surface area (TPSA) is 60.0 Å². The summed E-state index contributed by atoms with van der Waals surface area (Å²) in [4.78, 5) is 14.1. The number of nitrogens with one attached hydrogen (secondary N) is 1. The summed E-state index contributed by atoms with van der Waals surface area (Å²) in [6.45, 7) is 4.15. The van der Waals surface area contributed by atoms with Crippen molar-refractivity contribution in [1.29, 1.82) is 0 Å². The van der Waals surface area contributed by atoms with Gasteiger partial charge in [-0.05, 0) is 49.7 Å². The minimum Gasteiger partial charge on any atom is -0.493 e. The van der Waals surface area contributed by atoms with Crippen LogP contribution in [0.25, 0.3) is 0 Å². The molecular formula is C22H30N2O4. The lowest BCUT2D eigenvalue weighted by Gasteiger charge is -2.17. The monoisotopic (exact) mass is 386 g/mol. The zero-order valence-corrected chi connectivity index (χ0v) is 17.2. The van der Waals surface area contributed by atoms with Crippen LogP contribution in [0, 0.1) is 6.92 Å². The Kier molecular flexibility index (Phi) is 8.62. The number of carbonyl (C=O) groups excluding carboxylic acids is 1. The first-order valence-electron chi connectivity index (χ1n) is 9.38. The number of hydrogen-bond acceptors (Lipinski definition) is 5. The van der Waals surface area contributed by atoms with Gasteiger partial charge < -0.3 is 19.5 Å². The molecule has 0 heterocycles. The molecule has 0 radical (unpaired) electrons. The van der Waals surface area contributed by atoms with Gasteiger partial charge in [-0.2, -0.15) is 0 Å². The van der Waals surface area contributed by atoms with Gasteiger partial charge in [0.25, 0.3) is 0 Å². The third-order valence-electron chi connectivity index (χ3n) is 4.42. The van der Waals surface area contributed by atoms with Crippen molar-refractivity contribution in [3.8, 4) is 17.2 Å². The van der Waals surface area contributed by atoms with E-state index < -0.39 is 0 Å². The highest BCUT2D eigenvalue weighted by molar-refractivity contribution is 5.77. The van der Waals surface area contributed by atoms with Crippen LogP contribution in [0.3, 0.4) is 0 Å². The average molecular weight is 386 g/mol. The summed E-state index contributed by atoms with van der Waals surface area (Å²) in [5.41, 5.74) is 2.19. The zero-order valence-electron chi connectivity index (χ0n) is 17.2. The Morgan fingerprint density at radius 2 is 1.79 bits per heavy atom. The smallest absolute Gasteiger partial charge is 0.234 e. The van der Waals surface area contributed by atoms with E-state index in [9.17, 15) is 4.79 Å². The van der Waals surface area contributed by atoms with Gasteiger partial charge in [0.15, 0.2) is 11.5 Å². The summed E-state index contributed by atoms with van der Waals surface area (Å²) in [5, 5.41) is 2.95. The molecule has 2 aromatic carbocycles. The average Bonchev–Trinajstić information content (AvgIpc) is 2.69. The largest absolute Gasteiger partial charge is 0.493 e. The van der Waals surface area contributed by atoms with Crippen LogP contribution in [0.2, 0.25) is 0 Å². The van der Waals surface area contributed by atoms with Gasteiger partial charge in [0.2, 0.25) is 5.91 Å². The van der Waals surface area contributed by atoms with Crippen LogP contribution < -0.4 is 19.5 Å². The van der Waals surface area contributed by atoms with Gasteiger partial charge in [-0.15, -0.1) is 0 Å². The predicted octanol–water partition coefficient (Wildman–Crippen LogP) is 2.68. The number of methoxy groups -OCH3 is 2. The normalized spacial score (nSPS) is 10.6. The molecule has 28 heavy (non-hydrogen) atoms. The van der Waals surface area contributed by atoms with Crippen molar-refractivity contribution in [3.05, 3.63) is 53.6 Å². The Balaban J connectivity index is 1.67. The maximum absolute atomic E-state index is 12.1. The highest BCUT2D eigenvalue weighted by Crippen LogP contribution is 2.27. The number of benzene rings is 2. The maximum Gasteiger partial charge on any atom is 0.234 e. The van der Waals surface area contributed by atoms with Crippen LogP contribution >= 0.6 is 0 Å². The van der Waals surface area contributed by atoms with Gasteiger partial charge in [0.05, 0.1) is 20.8 Å². The summed E-state index contributed by atoms with van der Waals surface area (Å²) in [5.74, 6) is 2.28. The molecule has 1 amide bonds. The first kappa shape index (κ1) is 21.6. The van der Waals surface area contributed by atoms with Crippen LogP contribution in [-0.4, -0.2) is 58.3 Å². The van der Waals surface area contributed by atoms with E-state index in [4.69, 9.17) is 14.2 Å². The molecule has 1 N–H and O–H groups in total. The summed E-state index contributed by atoms with van der Waals surface area (Å²) in [7, 11) is 5.14. The lowest BCUT2D eigenvalue weighted by atomic mass is 10.1. The van der Waals surface area contributed by atoms with Crippen molar-refractivity contribution < 1.29 is 19.0 Å². The molecular weight excluding hydrogens is 356 g/mol. The fourth-order valence-electron chi connectivity index (χ4n) is 2.79. The molecule has 0 aliphatic rings. The summed E-state index contributed by atoms with van der Waals surface area (Å²) < 4.78 is 16.3. The Morgan fingerprint density at radius 3 is 2.50 bits per heavy atom. The van der Waals surface area contributed by atoms with E-state index in [1.54, 1.807) is 14.2 Å². The number of para-hydroxylation sites is 1. The van der Waals surface area contributed by atoms with E-state index >= 15 is 0 Å². The molecule has 0 unspecified atom stereocenters. The highest BCUT2D eigenvalue weighted by atomic mass is 16.5. The number of hydrogen-bond donors (Lipinski definition) is 1. The number of nitrogens with zero attached hydrogens (tertiary/aromatic N) is 1. The number of carbonyl (C=O) groups is 1. The van der Waals surface area contributed by atoms with Crippen LogP contribution in [0.1, 0.15) is 11.1 Å². The van der Waals surface area contributed by atoms with E-state index in [0.29, 0.717) is 37.7 Å². The molecule has 6 heteroatoms. The van der Waals surface area contributed by atoms with Gasteiger partial charge in [-0.3, -0.25) is 9.69 Å². The molecule has 0 spiro atoms. The van der Waals surface area contributed by atoms with Crippen molar-refractivity contribution >= 4 is 5.91 Å². The standard InChI is InChI=1S/C22H30N2O4/c1-17-7-5-6-8-19(17)28-14-13-24(2)16-22(25)23-12-11-18-9-10-20(26-3)21(15-18)27-4/h5-10,15H,11-14,16H2,1-4H3,(H,23,25). The summed E-state index contributed by atoms with van der Waals surface area (Å²) in [6.07, 6.45) is 0.728. The molecule has 6 nitrogen and oxygen atoms in total. The first-order valence-corrected chi connectivity index (χ1v) is 9.38. The van der Waals surface area contributed by atoms with Crippen LogP contribution in [0.4, 0.5) is 0 Å². The first-order chi connectivity index (χ1) is 13.5. The second-order valence-electron chi connectivity index (χ2n) is 6.64. The van der Waals surface area contributed by atoms with Gasteiger partial charge in [-0.1, -0.05) is 24.3 Å². The number of rotatable bonds is 11. The quantitative estimate of drug-likeness (QED) is 0.643. The fraction of sp³-hybridized carbons (Fsp3) is 0.409. The number of ether oxygens (including phenoxy) is 3. The second-order valence-corrected chi connectivity index (χ2v) is 6.64. The molecule has 0 bridgehead atoms. The second kappa shape index (κ2) is 11.2. The van der Waals surface area contributed by atoms with Crippen molar-refractivity contribution in [1.82, 2.24) is 10.2 Å². The van der Waals surface area contributed by atoms with E-state index in [2.05, 4.69) is 5.32 Å². The van der Waals surface area contributed by atoms with Gasteiger partial charge in [0.1, 0.15) is 12.4 Å². The van der Waals surface area contributed by atoms with Crippen molar-refractivity contribution in [3.63, 3.8) is 0 Å². The molecule has 0 aliphatic carbocycles. The van der Waals surface area contributed by atoms with Crippen LogP contribution in [0.15, 0.2) is 42.5 Å². The molecule has 2 aromatic rings. The Hall–Kier alpha value is -2.73. The van der Waals surface area contributed by atoms with E-state index in [1.807, 2.05) is 61.3 Å². The van der Waals surface area contributed by atoms with E-state index in [0.717, 1.165) is 23.3 Å². The maximum atomic E-state index is 12.1. The minimum atomic E-state index is -0.00105. The van der Waals surface area contributed by atoms with Crippen LogP contribution in [0.5, 0.6) is 17.2 Å². The van der Waals surface area contributed by atoms with Crippen molar-refractivity contribution in [2.45, 2.75) is 13.3 Å². The minimum absolute atomic E-state index is 0.00105. The molecule has 0 saturated heterocycles. The predicted molar refractivity (Wildman–Crippen MR) is 110 cm³/mol. The number of likely N-dealkylation sites (N-methyl/N-ethyl adjacent to an activating group) is 1. The molecule has 0 fully saturated rings. The van der Waals surface area contributed by atoms with Crippen molar-refractivity contribution in [2.75, 3.05) is 47.5 Å². The Labute approximate surface area is 167 Å². The van der Waals surface area contributed by atoms with Crippen molar-refractivity contribution in [2.24, 2.45) is 0 Å². The molecule has 0 saturated carbocycles. The van der Waals surface area contributed by atoms with Gasteiger partial charge in [-0.25, -0.2) is 0 Å². The molecule has 152 valence electrons. The third kappa shape index (κ3) is 6.78. The van der Waals surface area contributed by atoms with E-state index in [-0.39, 0.29) is 5.91 Å². The Bertz CT molecular complexity index is 764. The molecule has 0 aliphatic heterocycles. The number of aryl methyl sites for hydroxylation is 1. The van der Waals surface area contributed by atoms with E-state index in [1.165, 1.54) is 0 Å². The molecule has 2 rings (SSSR count). The molecule has 0 aromatic heterocycles. The van der Waals surface area contributed by atoms with Gasteiger partial charge >= 0.3 is 0 Å². The van der Waals surface area contributed by atoms with Gasteiger partial charge in [0, 0.05) is 13.1 Å². The Morgan fingerprint density at radius 1 is 1.04 bits per heavy atom. The SMILES string of the molecule is COc1ccc(CCNC(=O)CN(C)CCOc2ccccc2C)cc1OC. The lowest BCUT2D eigenvalue weighted by Crippen LogP contribution is -2.37. The highest BCUT2D eigenvalue weighted by Gasteiger charge is 2.08. The lowest BCUT2D eigenvalue weighted by molar-refractivity contribution is -0.121. The summed E-state index contributed by atoms with van der Waals surface area (Å²) >= 11 is 0. The number of amides is 1. The third-order valence-corrected chi connectivity index (χ3v) is 4.42.